The topological polar surface area (TPSA) is 21.3 Å². The predicted octanol–water partition coefficient (Wildman–Crippen LogP) is 2.61. The molecule has 2 nitrogen and oxygen atoms in total. The molecule has 0 radical (unpaired) electrons. The molecule has 1 unspecified atom stereocenters. The Bertz CT molecular complexity index is 333. The normalized spacial score (nSPS) is 20.2. The summed E-state index contributed by atoms with van der Waals surface area (Å²) in [5.74, 6) is 0.303. The lowest BCUT2D eigenvalue weighted by atomic mass is 10.1. The molecule has 1 N–H and O–H groups in total. The van der Waals surface area contributed by atoms with E-state index in [0.717, 1.165) is 31.7 Å². The van der Waals surface area contributed by atoms with Crippen molar-refractivity contribution in [1.29, 1.82) is 0 Å². The van der Waals surface area contributed by atoms with Crippen molar-refractivity contribution in [2.24, 2.45) is 5.92 Å². The summed E-state index contributed by atoms with van der Waals surface area (Å²) in [5.41, 5.74) is 0.879. The Morgan fingerprint density at radius 2 is 2.31 bits per heavy atom. The van der Waals surface area contributed by atoms with E-state index in [1.165, 1.54) is 12.1 Å². The maximum absolute atomic E-state index is 13.0. The van der Waals surface area contributed by atoms with Crippen LogP contribution in [0.1, 0.15) is 12.0 Å². The van der Waals surface area contributed by atoms with Crippen LogP contribution >= 0.6 is 11.6 Å². The Morgan fingerprint density at radius 1 is 1.44 bits per heavy atom. The number of nitrogens with one attached hydrogen (secondary N) is 1. The highest BCUT2D eigenvalue weighted by molar-refractivity contribution is 6.30. The number of halogens is 2. The highest BCUT2D eigenvalue weighted by atomic mass is 35.5. The van der Waals surface area contributed by atoms with E-state index in [-0.39, 0.29) is 5.82 Å². The monoisotopic (exact) mass is 243 g/mol. The highest BCUT2D eigenvalue weighted by Crippen LogP contribution is 2.15. The van der Waals surface area contributed by atoms with Crippen LogP contribution in [-0.4, -0.2) is 19.8 Å². The Balaban J connectivity index is 1.80. The van der Waals surface area contributed by atoms with Crippen LogP contribution in [0, 0.1) is 11.7 Å². The maximum Gasteiger partial charge on any atom is 0.125 e. The smallest absolute Gasteiger partial charge is 0.125 e. The summed E-state index contributed by atoms with van der Waals surface area (Å²) < 4.78 is 18.3. The molecule has 1 aliphatic rings. The predicted molar refractivity (Wildman–Crippen MR) is 62.0 cm³/mol. The third-order valence-corrected chi connectivity index (χ3v) is 2.93. The summed E-state index contributed by atoms with van der Waals surface area (Å²) in [6, 6.07) is 4.60. The summed E-state index contributed by atoms with van der Waals surface area (Å²) in [7, 11) is 0. The largest absolute Gasteiger partial charge is 0.381 e. The highest BCUT2D eigenvalue weighted by Gasteiger charge is 2.14. The van der Waals surface area contributed by atoms with E-state index in [9.17, 15) is 4.39 Å². The van der Waals surface area contributed by atoms with Gasteiger partial charge in [-0.15, -0.1) is 0 Å². The zero-order valence-electron chi connectivity index (χ0n) is 9.01. The lowest BCUT2D eigenvalue weighted by Gasteiger charge is -2.09. The van der Waals surface area contributed by atoms with Crippen LogP contribution in [0.2, 0.25) is 5.02 Å². The molecular weight excluding hydrogens is 229 g/mol. The number of benzene rings is 1. The van der Waals surface area contributed by atoms with E-state index in [1.54, 1.807) is 6.07 Å². The fourth-order valence-electron chi connectivity index (χ4n) is 1.88. The molecule has 1 saturated heterocycles. The van der Waals surface area contributed by atoms with Crippen molar-refractivity contribution in [3.05, 3.63) is 34.6 Å². The van der Waals surface area contributed by atoms with Crippen molar-refractivity contribution in [2.75, 3.05) is 19.8 Å². The second kappa shape index (κ2) is 5.62. The fourth-order valence-corrected chi connectivity index (χ4v) is 2.12. The van der Waals surface area contributed by atoms with Gasteiger partial charge >= 0.3 is 0 Å². The molecule has 0 aromatic heterocycles. The van der Waals surface area contributed by atoms with E-state index in [0.29, 0.717) is 17.5 Å². The van der Waals surface area contributed by atoms with Gasteiger partial charge in [0.1, 0.15) is 5.82 Å². The first-order chi connectivity index (χ1) is 7.74. The van der Waals surface area contributed by atoms with Gasteiger partial charge in [0.05, 0.1) is 6.61 Å². The Hall–Kier alpha value is -0.640. The number of rotatable bonds is 4. The minimum atomic E-state index is -0.284. The van der Waals surface area contributed by atoms with Crippen LogP contribution < -0.4 is 5.32 Å². The molecule has 1 heterocycles. The molecule has 16 heavy (non-hydrogen) atoms. The quantitative estimate of drug-likeness (QED) is 0.878. The van der Waals surface area contributed by atoms with Gasteiger partial charge in [-0.3, -0.25) is 0 Å². The minimum absolute atomic E-state index is 0.284. The van der Waals surface area contributed by atoms with Gasteiger partial charge in [0.15, 0.2) is 0 Å². The molecule has 1 aromatic rings. The van der Waals surface area contributed by atoms with Gasteiger partial charge in [-0.1, -0.05) is 11.6 Å². The first kappa shape index (κ1) is 11.8. The molecule has 2 rings (SSSR count). The van der Waals surface area contributed by atoms with Gasteiger partial charge in [0.25, 0.3) is 0 Å². The third kappa shape index (κ3) is 3.44. The van der Waals surface area contributed by atoms with Crippen molar-refractivity contribution < 1.29 is 9.13 Å². The van der Waals surface area contributed by atoms with Gasteiger partial charge in [-0.05, 0) is 36.1 Å². The van der Waals surface area contributed by atoms with Gasteiger partial charge < -0.3 is 10.1 Å². The molecule has 1 aliphatic heterocycles. The van der Waals surface area contributed by atoms with Gasteiger partial charge in [-0.2, -0.15) is 0 Å². The first-order valence-electron chi connectivity index (χ1n) is 5.47. The molecule has 0 amide bonds. The van der Waals surface area contributed by atoms with Crippen LogP contribution in [0.15, 0.2) is 18.2 Å². The van der Waals surface area contributed by atoms with Crippen LogP contribution in [0.3, 0.4) is 0 Å². The van der Waals surface area contributed by atoms with E-state index >= 15 is 0 Å². The van der Waals surface area contributed by atoms with Crippen molar-refractivity contribution in [1.82, 2.24) is 5.32 Å². The van der Waals surface area contributed by atoms with Crippen LogP contribution in [0.4, 0.5) is 4.39 Å². The summed E-state index contributed by atoms with van der Waals surface area (Å²) >= 11 is 5.77. The first-order valence-corrected chi connectivity index (χ1v) is 5.85. The molecule has 4 heteroatoms. The van der Waals surface area contributed by atoms with E-state index in [4.69, 9.17) is 16.3 Å². The molecule has 1 fully saturated rings. The Kier molecular flexibility index (Phi) is 4.16. The molecule has 0 bridgehead atoms. The Labute approximate surface area is 99.7 Å². The van der Waals surface area contributed by atoms with E-state index in [2.05, 4.69) is 5.32 Å². The number of ether oxygens (including phenoxy) is 1. The summed E-state index contributed by atoms with van der Waals surface area (Å²) in [6.45, 7) is 3.25. The zero-order valence-corrected chi connectivity index (χ0v) is 9.77. The average Bonchev–Trinajstić information content (AvgIpc) is 2.69. The van der Waals surface area contributed by atoms with Gasteiger partial charge in [-0.25, -0.2) is 4.39 Å². The molecule has 1 aromatic carbocycles. The fraction of sp³-hybridized carbons (Fsp3) is 0.500. The van der Waals surface area contributed by atoms with Crippen molar-refractivity contribution in [3.63, 3.8) is 0 Å². The molecule has 0 spiro atoms. The Morgan fingerprint density at radius 3 is 3.00 bits per heavy atom. The standard InChI is InChI=1S/C12H15ClFNO/c13-11-3-10(4-12(14)5-11)7-15-6-9-1-2-16-8-9/h3-5,9,15H,1-2,6-8H2. The van der Waals surface area contributed by atoms with Crippen LogP contribution in [0.25, 0.3) is 0 Å². The van der Waals surface area contributed by atoms with Crippen molar-refractivity contribution >= 4 is 11.6 Å². The van der Waals surface area contributed by atoms with E-state index in [1.807, 2.05) is 0 Å². The second-order valence-electron chi connectivity index (χ2n) is 4.14. The molecule has 0 saturated carbocycles. The summed E-state index contributed by atoms with van der Waals surface area (Å²) in [5, 5.41) is 3.74. The average molecular weight is 244 g/mol. The van der Waals surface area contributed by atoms with Crippen molar-refractivity contribution in [2.45, 2.75) is 13.0 Å². The summed E-state index contributed by atoms with van der Waals surface area (Å²) in [6.07, 6.45) is 1.11. The number of hydrogen-bond acceptors (Lipinski definition) is 2. The molecular formula is C12H15ClFNO. The lowest BCUT2D eigenvalue weighted by Crippen LogP contribution is -2.22. The second-order valence-corrected chi connectivity index (χ2v) is 4.57. The van der Waals surface area contributed by atoms with Gasteiger partial charge in [0.2, 0.25) is 0 Å². The van der Waals surface area contributed by atoms with Crippen LogP contribution in [-0.2, 0) is 11.3 Å². The minimum Gasteiger partial charge on any atom is -0.381 e. The van der Waals surface area contributed by atoms with E-state index < -0.39 is 0 Å². The van der Waals surface area contributed by atoms with Crippen LogP contribution in [0.5, 0.6) is 0 Å². The molecule has 88 valence electrons. The SMILES string of the molecule is Fc1cc(Cl)cc(CNCC2CCOC2)c1. The summed E-state index contributed by atoms with van der Waals surface area (Å²) in [4.78, 5) is 0. The third-order valence-electron chi connectivity index (χ3n) is 2.71. The molecule has 0 aliphatic carbocycles. The molecule has 1 atom stereocenters. The van der Waals surface area contributed by atoms with Gasteiger partial charge in [0, 0.05) is 24.7 Å². The lowest BCUT2D eigenvalue weighted by molar-refractivity contribution is 0.185. The zero-order chi connectivity index (χ0) is 11.4. The number of hydrogen-bond donors (Lipinski definition) is 1. The maximum atomic E-state index is 13.0. The van der Waals surface area contributed by atoms with Crippen molar-refractivity contribution in [3.8, 4) is 0 Å².